The van der Waals surface area contributed by atoms with Crippen LogP contribution in [-0.2, 0) is 4.74 Å². The Bertz CT molecular complexity index is 846. The molecule has 1 N–H and O–H groups in total. The van der Waals surface area contributed by atoms with E-state index in [9.17, 15) is 4.79 Å². The van der Waals surface area contributed by atoms with Gasteiger partial charge < -0.3 is 15.0 Å². The van der Waals surface area contributed by atoms with Gasteiger partial charge in [-0.05, 0) is 42.0 Å². The van der Waals surface area contributed by atoms with E-state index in [2.05, 4.69) is 45.4 Å². The molecule has 0 saturated carbocycles. The summed E-state index contributed by atoms with van der Waals surface area (Å²) < 4.78 is 6.01. The van der Waals surface area contributed by atoms with Crippen LogP contribution in [-0.4, -0.2) is 39.0 Å². The first-order valence-electron chi connectivity index (χ1n) is 8.39. The quantitative estimate of drug-likeness (QED) is 0.846. The van der Waals surface area contributed by atoms with Gasteiger partial charge in [-0.15, -0.1) is 6.42 Å². The summed E-state index contributed by atoms with van der Waals surface area (Å²) in [4.78, 5) is 18.4. The highest BCUT2D eigenvalue weighted by atomic mass is 16.5. The minimum absolute atomic E-state index is 0.0835. The minimum Gasteiger partial charge on any atom is -0.467 e. The van der Waals surface area contributed by atoms with Crippen molar-refractivity contribution in [2.24, 2.45) is 4.99 Å². The molecular formula is C21H21N3O2. The fourth-order valence-corrected chi connectivity index (χ4v) is 2.69. The van der Waals surface area contributed by atoms with Gasteiger partial charge in [0.2, 0.25) is 5.90 Å². The number of nitrogens with zero attached hydrogens (tertiary/aromatic N) is 2. The van der Waals surface area contributed by atoms with E-state index >= 15 is 0 Å². The fraction of sp³-hybridized carbons (Fsp3) is 0.238. The maximum atomic E-state index is 11.9. The molecule has 2 aromatic rings. The standard InChI is InChI=1S/C21H21N3O2/c1-4-13-22-20(25)16-5-7-17(8-6-16)21-23-14-19(26-21)15-9-11-18(12-10-15)24(2)3/h1,5-12,19H,13-14H2,2-3H3,(H,22,25). The molecule has 5 nitrogen and oxygen atoms in total. The molecule has 0 bridgehead atoms. The van der Waals surface area contributed by atoms with Crippen molar-refractivity contribution in [2.45, 2.75) is 6.10 Å². The Balaban J connectivity index is 1.65. The molecule has 1 atom stereocenters. The monoisotopic (exact) mass is 347 g/mol. The second kappa shape index (κ2) is 7.75. The second-order valence-corrected chi connectivity index (χ2v) is 6.20. The van der Waals surface area contributed by atoms with Gasteiger partial charge in [-0.25, -0.2) is 4.99 Å². The van der Waals surface area contributed by atoms with Crippen LogP contribution in [0.2, 0.25) is 0 Å². The molecule has 5 heteroatoms. The van der Waals surface area contributed by atoms with Crippen LogP contribution in [0.3, 0.4) is 0 Å². The van der Waals surface area contributed by atoms with Gasteiger partial charge in [0.15, 0.2) is 0 Å². The van der Waals surface area contributed by atoms with Crippen molar-refractivity contribution in [1.82, 2.24) is 5.32 Å². The van der Waals surface area contributed by atoms with E-state index < -0.39 is 0 Å². The third-order valence-electron chi connectivity index (χ3n) is 4.18. The summed E-state index contributed by atoms with van der Waals surface area (Å²) in [7, 11) is 4.03. The summed E-state index contributed by atoms with van der Waals surface area (Å²) in [5, 5.41) is 2.64. The first-order valence-corrected chi connectivity index (χ1v) is 8.39. The summed E-state index contributed by atoms with van der Waals surface area (Å²) in [5.41, 5.74) is 3.65. The summed E-state index contributed by atoms with van der Waals surface area (Å²) in [6.07, 6.45) is 5.06. The third kappa shape index (κ3) is 3.86. The Labute approximate surface area is 153 Å². The number of rotatable bonds is 5. The van der Waals surface area contributed by atoms with Gasteiger partial charge >= 0.3 is 0 Å². The van der Waals surface area contributed by atoms with E-state index in [1.54, 1.807) is 12.1 Å². The summed E-state index contributed by atoms with van der Waals surface area (Å²) in [6, 6.07) is 15.4. The molecule has 2 aromatic carbocycles. The van der Waals surface area contributed by atoms with E-state index in [1.807, 2.05) is 26.2 Å². The van der Waals surface area contributed by atoms with Crippen molar-refractivity contribution >= 4 is 17.5 Å². The summed E-state index contributed by atoms with van der Waals surface area (Å²) >= 11 is 0. The smallest absolute Gasteiger partial charge is 0.252 e. The highest BCUT2D eigenvalue weighted by Gasteiger charge is 2.22. The molecule has 1 aliphatic heterocycles. The van der Waals surface area contributed by atoms with Crippen molar-refractivity contribution < 1.29 is 9.53 Å². The Morgan fingerprint density at radius 2 is 1.92 bits per heavy atom. The van der Waals surface area contributed by atoms with Gasteiger partial charge in [-0.1, -0.05) is 18.1 Å². The summed E-state index contributed by atoms with van der Waals surface area (Å²) in [6.45, 7) is 0.797. The fourth-order valence-electron chi connectivity index (χ4n) is 2.69. The molecule has 1 heterocycles. The number of ether oxygens (including phenoxy) is 1. The largest absolute Gasteiger partial charge is 0.467 e. The van der Waals surface area contributed by atoms with Crippen LogP contribution >= 0.6 is 0 Å². The van der Waals surface area contributed by atoms with E-state index in [4.69, 9.17) is 11.2 Å². The normalized spacial score (nSPS) is 15.6. The van der Waals surface area contributed by atoms with E-state index in [0.717, 1.165) is 16.8 Å². The molecule has 26 heavy (non-hydrogen) atoms. The molecule has 1 aliphatic rings. The number of benzene rings is 2. The van der Waals surface area contributed by atoms with Crippen LogP contribution in [0.1, 0.15) is 27.6 Å². The van der Waals surface area contributed by atoms with Crippen LogP contribution < -0.4 is 10.2 Å². The highest BCUT2D eigenvalue weighted by Crippen LogP contribution is 2.27. The number of hydrogen-bond donors (Lipinski definition) is 1. The van der Waals surface area contributed by atoms with Gasteiger partial charge in [0, 0.05) is 30.9 Å². The first kappa shape index (κ1) is 17.6. The predicted molar refractivity (Wildman–Crippen MR) is 104 cm³/mol. The molecule has 1 amide bonds. The molecule has 0 saturated heterocycles. The molecule has 0 spiro atoms. The van der Waals surface area contributed by atoms with Crippen molar-refractivity contribution in [2.75, 3.05) is 32.1 Å². The van der Waals surface area contributed by atoms with E-state index in [1.165, 1.54) is 0 Å². The number of amides is 1. The van der Waals surface area contributed by atoms with Crippen LogP contribution in [0.25, 0.3) is 0 Å². The lowest BCUT2D eigenvalue weighted by Crippen LogP contribution is -2.23. The number of carbonyl (C=O) groups excluding carboxylic acids is 1. The highest BCUT2D eigenvalue weighted by molar-refractivity contribution is 5.98. The molecule has 3 rings (SSSR count). The average Bonchev–Trinajstić information content (AvgIpc) is 3.16. The van der Waals surface area contributed by atoms with Gasteiger partial charge in [-0.2, -0.15) is 0 Å². The van der Waals surface area contributed by atoms with Crippen LogP contribution in [0.15, 0.2) is 53.5 Å². The second-order valence-electron chi connectivity index (χ2n) is 6.20. The van der Waals surface area contributed by atoms with Crippen LogP contribution in [0, 0.1) is 12.3 Å². The number of carbonyl (C=O) groups is 1. The number of nitrogens with one attached hydrogen (secondary N) is 1. The SMILES string of the molecule is C#CCNC(=O)c1ccc(C2=NCC(c3ccc(N(C)C)cc3)O2)cc1. The van der Waals surface area contributed by atoms with Gasteiger partial charge in [0.05, 0.1) is 13.1 Å². The Morgan fingerprint density at radius 3 is 2.54 bits per heavy atom. The van der Waals surface area contributed by atoms with Crippen molar-refractivity contribution in [3.8, 4) is 12.3 Å². The van der Waals surface area contributed by atoms with Crippen molar-refractivity contribution in [3.05, 3.63) is 65.2 Å². The zero-order chi connectivity index (χ0) is 18.5. The molecule has 132 valence electrons. The Morgan fingerprint density at radius 1 is 1.23 bits per heavy atom. The topological polar surface area (TPSA) is 53.9 Å². The molecular weight excluding hydrogens is 326 g/mol. The van der Waals surface area contributed by atoms with Crippen molar-refractivity contribution in [3.63, 3.8) is 0 Å². The Kier molecular flexibility index (Phi) is 5.23. The zero-order valence-electron chi connectivity index (χ0n) is 14.9. The van der Waals surface area contributed by atoms with Crippen molar-refractivity contribution in [1.29, 1.82) is 0 Å². The molecule has 1 unspecified atom stereocenters. The van der Waals surface area contributed by atoms with Crippen LogP contribution in [0.5, 0.6) is 0 Å². The number of hydrogen-bond acceptors (Lipinski definition) is 4. The maximum absolute atomic E-state index is 11.9. The lowest BCUT2D eigenvalue weighted by Gasteiger charge is -2.15. The van der Waals surface area contributed by atoms with Crippen LogP contribution in [0.4, 0.5) is 5.69 Å². The van der Waals surface area contributed by atoms with Gasteiger partial charge in [0.1, 0.15) is 6.10 Å². The molecule has 0 aliphatic carbocycles. The van der Waals surface area contributed by atoms with E-state index in [0.29, 0.717) is 18.0 Å². The molecule has 0 aromatic heterocycles. The maximum Gasteiger partial charge on any atom is 0.252 e. The zero-order valence-corrected chi connectivity index (χ0v) is 14.9. The average molecular weight is 347 g/mol. The number of aliphatic imine (C=N–C) groups is 1. The number of terminal acetylenes is 1. The van der Waals surface area contributed by atoms with Gasteiger partial charge in [0.25, 0.3) is 5.91 Å². The Hall–Kier alpha value is -3.26. The lowest BCUT2D eigenvalue weighted by atomic mass is 10.1. The third-order valence-corrected chi connectivity index (χ3v) is 4.18. The lowest BCUT2D eigenvalue weighted by molar-refractivity contribution is 0.0958. The molecule has 0 fully saturated rings. The molecule has 0 radical (unpaired) electrons. The van der Waals surface area contributed by atoms with E-state index in [-0.39, 0.29) is 18.6 Å². The predicted octanol–water partition coefficient (Wildman–Crippen LogP) is 2.63. The van der Waals surface area contributed by atoms with Gasteiger partial charge in [-0.3, -0.25) is 4.79 Å². The summed E-state index contributed by atoms with van der Waals surface area (Å²) in [5.74, 6) is 2.79. The first-order chi connectivity index (χ1) is 12.6. The number of anilines is 1. The minimum atomic E-state index is -0.192.